The number of nitrogens with one attached hydrogen (secondary N) is 2. The predicted molar refractivity (Wildman–Crippen MR) is 103 cm³/mol. The minimum atomic E-state index is -0.204. The van der Waals surface area contributed by atoms with Crippen molar-refractivity contribution in [2.24, 2.45) is 0 Å². The second-order valence-electron chi connectivity index (χ2n) is 5.73. The van der Waals surface area contributed by atoms with Crippen molar-refractivity contribution in [2.75, 3.05) is 10.6 Å². The Kier molecular flexibility index (Phi) is 4.95. The second-order valence-corrected chi connectivity index (χ2v) is 6.68. The molecule has 0 spiro atoms. The molecule has 0 bridgehead atoms. The van der Waals surface area contributed by atoms with Crippen LogP contribution < -0.4 is 10.6 Å². The number of anilines is 2. The molecular weight excluding hydrogens is 332 g/mol. The zero-order chi connectivity index (χ0) is 17.8. The Morgan fingerprint density at radius 2 is 1.56 bits per heavy atom. The van der Waals surface area contributed by atoms with Crippen LogP contribution in [0.4, 0.5) is 11.4 Å². The fraction of sp³-hybridized carbons (Fsp3) is 0.100. The summed E-state index contributed by atoms with van der Waals surface area (Å²) in [6, 6.07) is 16.4. The van der Waals surface area contributed by atoms with Gasteiger partial charge in [-0.25, -0.2) is 0 Å². The molecule has 4 nitrogen and oxygen atoms in total. The number of benzene rings is 2. The molecule has 0 aliphatic heterocycles. The highest BCUT2D eigenvalue weighted by atomic mass is 32.1. The SMILES string of the molecule is Cc1cccc(C)c1NC(=O)c1cccc(NC(=O)c2cccs2)c1. The fourth-order valence-corrected chi connectivity index (χ4v) is 3.15. The minimum Gasteiger partial charge on any atom is -0.322 e. The van der Waals surface area contributed by atoms with Crippen LogP contribution in [0.3, 0.4) is 0 Å². The van der Waals surface area contributed by atoms with Crippen molar-refractivity contribution < 1.29 is 9.59 Å². The van der Waals surface area contributed by atoms with Crippen LogP contribution in [-0.4, -0.2) is 11.8 Å². The normalized spacial score (nSPS) is 10.3. The van der Waals surface area contributed by atoms with Gasteiger partial charge in [-0.05, 0) is 54.6 Å². The zero-order valence-corrected chi connectivity index (χ0v) is 14.8. The summed E-state index contributed by atoms with van der Waals surface area (Å²) in [5.74, 6) is -0.382. The van der Waals surface area contributed by atoms with E-state index in [0.29, 0.717) is 16.1 Å². The Bertz CT molecular complexity index is 897. The third kappa shape index (κ3) is 3.95. The Labute approximate surface area is 150 Å². The molecule has 0 radical (unpaired) electrons. The van der Waals surface area contributed by atoms with Crippen molar-refractivity contribution in [3.63, 3.8) is 0 Å². The van der Waals surface area contributed by atoms with Gasteiger partial charge >= 0.3 is 0 Å². The van der Waals surface area contributed by atoms with E-state index in [1.54, 1.807) is 30.3 Å². The monoisotopic (exact) mass is 350 g/mol. The minimum absolute atomic E-state index is 0.178. The van der Waals surface area contributed by atoms with Crippen molar-refractivity contribution in [1.29, 1.82) is 0 Å². The number of amides is 2. The quantitative estimate of drug-likeness (QED) is 0.705. The smallest absolute Gasteiger partial charge is 0.265 e. The standard InChI is InChI=1S/C20H18N2O2S/c1-13-6-3-7-14(2)18(13)22-19(23)15-8-4-9-16(12-15)21-20(24)17-10-5-11-25-17/h3-12H,1-2H3,(H,21,24)(H,22,23). The van der Waals surface area contributed by atoms with Gasteiger partial charge in [-0.3, -0.25) is 9.59 Å². The summed E-state index contributed by atoms with van der Waals surface area (Å²) in [6.45, 7) is 3.92. The van der Waals surface area contributed by atoms with Gasteiger partial charge in [-0.1, -0.05) is 30.3 Å². The molecule has 0 saturated carbocycles. The van der Waals surface area contributed by atoms with Crippen LogP contribution in [0.25, 0.3) is 0 Å². The molecule has 2 aromatic carbocycles. The lowest BCUT2D eigenvalue weighted by atomic mass is 10.1. The highest BCUT2D eigenvalue weighted by Crippen LogP contribution is 2.21. The van der Waals surface area contributed by atoms with E-state index in [4.69, 9.17) is 0 Å². The second kappa shape index (κ2) is 7.32. The first-order valence-corrected chi connectivity index (χ1v) is 8.75. The number of hydrogen-bond donors (Lipinski definition) is 2. The van der Waals surface area contributed by atoms with E-state index in [1.807, 2.05) is 43.5 Å². The van der Waals surface area contributed by atoms with Gasteiger partial charge in [0.05, 0.1) is 4.88 Å². The molecule has 0 saturated heterocycles. The Morgan fingerprint density at radius 1 is 0.840 bits per heavy atom. The Hall–Kier alpha value is -2.92. The number of carbonyl (C=O) groups excluding carboxylic acids is 2. The van der Waals surface area contributed by atoms with E-state index < -0.39 is 0 Å². The summed E-state index contributed by atoms with van der Waals surface area (Å²) >= 11 is 1.37. The number of aryl methyl sites for hydroxylation is 2. The van der Waals surface area contributed by atoms with E-state index in [9.17, 15) is 9.59 Å². The molecule has 0 unspecified atom stereocenters. The molecule has 5 heteroatoms. The average Bonchev–Trinajstić information content (AvgIpc) is 3.13. The van der Waals surface area contributed by atoms with Crippen molar-refractivity contribution in [2.45, 2.75) is 13.8 Å². The maximum absolute atomic E-state index is 12.6. The van der Waals surface area contributed by atoms with Crippen molar-refractivity contribution in [3.05, 3.63) is 81.5 Å². The van der Waals surface area contributed by atoms with Gasteiger partial charge < -0.3 is 10.6 Å². The van der Waals surface area contributed by atoms with Crippen LogP contribution in [0.15, 0.2) is 60.0 Å². The average molecular weight is 350 g/mol. The molecule has 3 aromatic rings. The summed E-state index contributed by atoms with van der Waals surface area (Å²) in [5, 5.41) is 7.62. The molecular formula is C20H18N2O2S. The molecule has 1 heterocycles. The maximum atomic E-state index is 12.6. The molecule has 2 amide bonds. The van der Waals surface area contributed by atoms with Gasteiger partial charge in [0.15, 0.2) is 0 Å². The van der Waals surface area contributed by atoms with Crippen molar-refractivity contribution >= 4 is 34.5 Å². The molecule has 1 aromatic heterocycles. The third-order valence-corrected chi connectivity index (χ3v) is 4.72. The van der Waals surface area contributed by atoms with E-state index in [1.165, 1.54) is 11.3 Å². The van der Waals surface area contributed by atoms with E-state index in [-0.39, 0.29) is 11.8 Å². The lowest BCUT2D eigenvalue weighted by Gasteiger charge is -2.12. The number of rotatable bonds is 4. The largest absolute Gasteiger partial charge is 0.322 e. The first-order valence-electron chi connectivity index (χ1n) is 7.87. The molecule has 3 rings (SSSR count). The Balaban J connectivity index is 1.77. The van der Waals surface area contributed by atoms with Gasteiger partial charge in [0.2, 0.25) is 0 Å². The van der Waals surface area contributed by atoms with Crippen LogP contribution in [-0.2, 0) is 0 Å². The molecule has 0 fully saturated rings. The molecule has 126 valence electrons. The van der Waals surface area contributed by atoms with Crippen LogP contribution in [0, 0.1) is 13.8 Å². The van der Waals surface area contributed by atoms with Crippen LogP contribution in [0.2, 0.25) is 0 Å². The van der Waals surface area contributed by atoms with Crippen LogP contribution in [0.5, 0.6) is 0 Å². The fourth-order valence-electron chi connectivity index (χ4n) is 2.54. The van der Waals surface area contributed by atoms with Gasteiger partial charge in [-0.2, -0.15) is 0 Å². The summed E-state index contributed by atoms with van der Waals surface area (Å²) in [7, 11) is 0. The number of hydrogen-bond acceptors (Lipinski definition) is 3. The highest BCUT2D eigenvalue weighted by molar-refractivity contribution is 7.12. The molecule has 0 atom stereocenters. The van der Waals surface area contributed by atoms with Crippen molar-refractivity contribution in [3.8, 4) is 0 Å². The summed E-state index contributed by atoms with van der Waals surface area (Å²) in [6.07, 6.45) is 0. The number of carbonyl (C=O) groups is 2. The van der Waals surface area contributed by atoms with Crippen LogP contribution in [0.1, 0.15) is 31.2 Å². The van der Waals surface area contributed by atoms with Crippen molar-refractivity contribution in [1.82, 2.24) is 0 Å². The predicted octanol–water partition coefficient (Wildman–Crippen LogP) is 4.87. The first-order chi connectivity index (χ1) is 12.0. The lowest BCUT2D eigenvalue weighted by molar-refractivity contribution is 0.101. The third-order valence-electron chi connectivity index (χ3n) is 3.85. The van der Waals surface area contributed by atoms with Gasteiger partial charge in [0, 0.05) is 16.9 Å². The summed E-state index contributed by atoms with van der Waals surface area (Å²) < 4.78 is 0. The zero-order valence-electron chi connectivity index (χ0n) is 14.0. The van der Waals surface area contributed by atoms with Crippen LogP contribution >= 0.6 is 11.3 Å². The molecule has 0 aliphatic carbocycles. The maximum Gasteiger partial charge on any atom is 0.265 e. The molecule has 25 heavy (non-hydrogen) atoms. The Morgan fingerprint density at radius 3 is 2.24 bits per heavy atom. The summed E-state index contributed by atoms with van der Waals surface area (Å²) in [5.41, 5.74) is 3.92. The van der Waals surface area contributed by atoms with E-state index >= 15 is 0 Å². The lowest BCUT2D eigenvalue weighted by Crippen LogP contribution is -2.15. The molecule has 2 N–H and O–H groups in total. The van der Waals surface area contributed by atoms with Gasteiger partial charge in [0.25, 0.3) is 11.8 Å². The van der Waals surface area contributed by atoms with Gasteiger partial charge in [0.1, 0.15) is 0 Å². The van der Waals surface area contributed by atoms with Gasteiger partial charge in [-0.15, -0.1) is 11.3 Å². The number of para-hydroxylation sites is 1. The summed E-state index contributed by atoms with van der Waals surface area (Å²) in [4.78, 5) is 25.3. The first kappa shape index (κ1) is 16.9. The van der Waals surface area contributed by atoms with E-state index in [2.05, 4.69) is 10.6 Å². The number of thiophene rings is 1. The molecule has 0 aliphatic rings. The van der Waals surface area contributed by atoms with E-state index in [0.717, 1.165) is 16.8 Å². The topological polar surface area (TPSA) is 58.2 Å². The highest BCUT2D eigenvalue weighted by Gasteiger charge is 2.12.